The molecule has 0 aliphatic heterocycles. The van der Waals surface area contributed by atoms with Crippen LogP contribution in [-0.4, -0.2) is 36.2 Å². The molecule has 0 saturated heterocycles. The van der Waals surface area contributed by atoms with Crippen molar-refractivity contribution in [2.75, 3.05) is 0 Å². The van der Waals surface area contributed by atoms with Gasteiger partial charge in [0.15, 0.2) is 0 Å². The smallest absolute Gasteiger partial charge is 0.429 e. The van der Waals surface area contributed by atoms with E-state index in [9.17, 15) is 30.8 Å². The second-order valence-electron chi connectivity index (χ2n) is 7.99. The number of hydrogen-bond donors (Lipinski definition) is 1. The van der Waals surface area contributed by atoms with Crippen LogP contribution in [0.3, 0.4) is 0 Å². The number of alkyl halides is 4. The summed E-state index contributed by atoms with van der Waals surface area (Å²) >= 11 is 0. The van der Waals surface area contributed by atoms with Crippen molar-refractivity contribution in [3.8, 4) is 0 Å². The lowest BCUT2D eigenvalue weighted by Gasteiger charge is -2.55. The average Bonchev–Trinajstić information content (AvgIpc) is 2.40. The third-order valence-corrected chi connectivity index (χ3v) is 7.19. The highest BCUT2D eigenvalue weighted by atomic mass is 32.2. The SMILES string of the molecule is CC(F)(C(OC(=O)C12CC3CC(CC(C3)C1)C2)C(F)(F)F)S(=O)(=O)O. The van der Waals surface area contributed by atoms with Crippen molar-refractivity contribution >= 4 is 16.1 Å². The zero-order valence-electron chi connectivity index (χ0n) is 13.6. The van der Waals surface area contributed by atoms with E-state index >= 15 is 0 Å². The van der Waals surface area contributed by atoms with Gasteiger partial charge in [-0.2, -0.15) is 21.6 Å². The third-order valence-electron chi connectivity index (χ3n) is 5.97. The molecule has 0 aromatic heterocycles. The Balaban J connectivity index is 1.87. The first-order chi connectivity index (χ1) is 11.2. The molecule has 0 heterocycles. The van der Waals surface area contributed by atoms with E-state index < -0.39 is 38.8 Å². The van der Waals surface area contributed by atoms with Crippen molar-refractivity contribution in [1.82, 2.24) is 0 Å². The summed E-state index contributed by atoms with van der Waals surface area (Å²) in [6.45, 7) is 0.0491. The molecular formula is C15H20F4O5S. The van der Waals surface area contributed by atoms with Crippen LogP contribution in [0, 0.1) is 23.2 Å². The molecule has 1 N–H and O–H groups in total. The first-order valence-electron chi connectivity index (χ1n) is 8.18. The summed E-state index contributed by atoms with van der Waals surface area (Å²) in [7, 11) is -5.75. The molecule has 0 aromatic carbocycles. The molecule has 0 spiro atoms. The van der Waals surface area contributed by atoms with Gasteiger partial charge >= 0.3 is 22.3 Å². The Morgan fingerprint density at radius 3 is 1.80 bits per heavy atom. The number of carbonyl (C=O) groups is 1. The summed E-state index contributed by atoms with van der Waals surface area (Å²) in [5.74, 6) is -0.495. The third kappa shape index (κ3) is 3.15. The van der Waals surface area contributed by atoms with Gasteiger partial charge in [0, 0.05) is 0 Å². The maximum atomic E-state index is 14.3. The lowest BCUT2D eigenvalue weighted by atomic mass is 9.49. The highest BCUT2D eigenvalue weighted by molar-refractivity contribution is 7.87. The van der Waals surface area contributed by atoms with Crippen molar-refractivity contribution in [1.29, 1.82) is 0 Å². The molecule has 5 nitrogen and oxygen atoms in total. The number of carbonyl (C=O) groups excluding carboxylic acids is 1. The lowest BCUT2D eigenvalue weighted by Crippen LogP contribution is -2.57. The molecule has 4 saturated carbocycles. The van der Waals surface area contributed by atoms with E-state index in [4.69, 9.17) is 4.55 Å². The predicted molar refractivity (Wildman–Crippen MR) is 77.6 cm³/mol. The fourth-order valence-corrected chi connectivity index (χ4v) is 5.64. The Morgan fingerprint density at radius 1 is 1.08 bits per heavy atom. The van der Waals surface area contributed by atoms with Gasteiger partial charge in [0.1, 0.15) is 0 Å². The Labute approximate surface area is 142 Å². The number of esters is 1. The molecular weight excluding hydrogens is 368 g/mol. The van der Waals surface area contributed by atoms with Crippen LogP contribution < -0.4 is 0 Å². The van der Waals surface area contributed by atoms with Crippen molar-refractivity contribution < 1.29 is 40.1 Å². The highest BCUT2D eigenvalue weighted by Crippen LogP contribution is 2.60. The number of rotatable bonds is 4. The van der Waals surface area contributed by atoms with Crippen LogP contribution in [0.25, 0.3) is 0 Å². The van der Waals surface area contributed by atoms with Gasteiger partial charge in [0.25, 0.3) is 5.00 Å². The first kappa shape index (κ1) is 18.9. The minimum absolute atomic E-state index is 0.0491. The molecule has 144 valence electrons. The molecule has 2 atom stereocenters. The summed E-state index contributed by atoms with van der Waals surface area (Å²) in [5.41, 5.74) is -1.10. The number of halogens is 4. The van der Waals surface area contributed by atoms with E-state index in [1.165, 1.54) is 0 Å². The van der Waals surface area contributed by atoms with Crippen LogP contribution in [0.1, 0.15) is 45.4 Å². The standard InChI is InChI=1S/C15H20F4O5S/c1-13(16,25(21,22)23)11(15(17,18)19)24-12(20)14-5-8-2-9(6-14)4-10(3-8)7-14/h8-11H,2-7H2,1H3,(H,21,22,23). The van der Waals surface area contributed by atoms with E-state index in [0.29, 0.717) is 19.3 Å². The Hall–Kier alpha value is -0.900. The van der Waals surface area contributed by atoms with E-state index in [1.54, 1.807) is 0 Å². The monoisotopic (exact) mass is 388 g/mol. The molecule has 4 bridgehead atoms. The molecule has 4 rings (SSSR count). The zero-order valence-corrected chi connectivity index (χ0v) is 14.4. The fraction of sp³-hybridized carbons (Fsp3) is 0.933. The second kappa shape index (κ2) is 5.55. The van der Waals surface area contributed by atoms with E-state index in [2.05, 4.69) is 4.74 Å². The molecule has 2 unspecified atom stereocenters. The molecule has 0 amide bonds. The fourth-order valence-electron chi connectivity index (χ4n) is 5.19. The molecule has 4 aliphatic carbocycles. The minimum Gasteiger partial charge on any atom is -0.447 e. The lowest BCUT2D eigenvalue weighted by molar-refractivity contribution is -0.249. The maximum absolute atomic E-state index is 14.3. The number of hydrogen-bond acceptors (Lipinski definition) is 4. The van der Waals surface area contributed by atoms with Crippen molar-refractivity contribution in [2.24, 2.45) is 23.2 Å². The Kier molecular flexibility index (Phi) is 4.19. The van der Waals surface area contributed by atoms with E-state index in [0.717, 1.165) is 19.3 Å². The molecule has 4 fully saturated rings. The molecule has 10 heteroatoms. The summed E-state index contributed by atoms with van der Waals surface area (Å²) in [6, 6.07) is 0. The van der Waals surface area contributed by atoms with Crippen LogP contribution in [0.5, 0.6) is 0 Å². The van der Waals surface area contributed by atoms with Gasteiger partial charge < -0.3 is 4.74 Å². The first-order valence-corrected chi connectivity index (χ1v) is 9.62. The summed E-state index contributed by atoms with van der Waals surface area (Å²) in [4.78, 5) is 12.6. The zero-order chi connectivity index (χ0) is 18.8. The molecule has 0 radical (unpaired) electrons. The van der Waals surface area contributed by atoms with E-state index in [1.807, 2.05) is 0 Å². The van der Waals surface area contributed by atoms with Crippen LogP contribution >= 0.6 is 0 Å². The van der Waals surface area contributed by atoms with Gasteiger partial charge in [-0.05, 0) is 63.2 Å². The van der Waals surface area contributed by atoms with Crippen LogP contribution in [0.4, 0.5) is 17.6 Å². The van der Waals surface area contributed by atoms with Crippen LogP contribution in [0.15, 0.2) is 0 Å². The van der Waals surface area contributed by atoms with Crippen molar-refractivity contribution in [3.63, 3.8) is 0 Å². The quantitative estimate of drug-likeness (QED) is 0.454. The summed E-state index contributed by atoms with van der Waals surface area (Å²) in [5, 5.41) is -4.18. The Bertz CT molecular complexity index is 635. The van der Waals surface area contributed by atoms with Gasteiger partial charge in [0.05, 0.1) is 5.41 Å². The van der Waals surface area contributed by atoms with Gasteiger partial charge in [0.2, 0.25) is 6.10 Å². The van der Waals surface area contributed by atoms with Gasteiger partial charge in [-0.1, -0.05) is 0 Å². The topological polar surface area (TPSA) is 80.7 Å². The van der Waals surface area contributed by atoms with E-state index in [-0.39, 0.29) is 24.7 Å². The molecule has 4 aliphatic rings. The van der Waals surface area contributed by atoms with Gasteiger partial charge in [-0.15, -0.1) is 0 Å². The number of ether oxygens (including phenoxy) is 1. The van der Waals surface area contributed by atoms with Gasteiger partial charge in [-0.25, -0.2) is 4.39 Å². The van der Waals surface area contributed by atoms with Crippen molar-refractivity contribution in [3.05, 3.63) is 0 Å². The average molecular weight is 388 g/mol. The summed E-state index contributed by atoms with van der Waals surface area (Å²) in [6.07, 6.45) is -5.10. The normalized spacial score (nSPS) is 38.2. The van der Waals surface area contributed by atoms with Crippen LogP contribution in [-0.2, 0) is 19.6 Å². The summed E-state index contributed by atoms with van der Waals surface area (Å²) < 4.78 is 89.2. The molecule has 0 aromatic rings. The minimum atomic E-state index is -5.75. The molecule has 25 heavy (non-hydrogen) atoms. The largest absolute Gasteiger partial charge is 0.447 e. The maximum Gasteiger partial charge on any atom is 0.429 e. The Morgan fingerprint density at radius 2 is 1.48 bits per heavy atom. The second-order valence-corrected chi connectivity index (χ2v) is 9.73. The highest BCUT2D eigenvalue weighted by Gasteiger charge is 2.64. The van der Waals surface area contributed by atoms with Crippen molar-refractivity contribution in [2.45, 2.75) is 62.7 Å². The van der Waals surface area contributed by atoms with Gasteiger partial charge in [-0.3, -0.25) is 9.35 Å². The van der Waals surface area contributed by atoms with Crippen LogP contribution in [0.2, 0.25) is 0 Å². The predicted octanol–water partition coefficient (Wildman–Crippen LogP) is 3.25.